The third kappa shape index (κ3) is 4.94. The molecule has 0 aromatic heterocycles. The minimum atomic E-state index is 0.577. The van der Waals surface area contributed by atoms with Crippen molar-refractivity contribution in [2.45, 2.75) is 12.8 Å². The van der Waals surface area contributed by atoms with Gasteiger partial charge in [-0.05, 0) is 54.2 Å². The van der Waals surface area contributed by atoms with Gasteiger partial charge in [0.2, 0.25) is 0 Å². The highest BCUT2D eigenvalue weighted by atomic mass is 79.9. The van der Waals surface area contributed by atoms with E-state index in [0.717, 1.165) is 27.7 Å². The molecule has 0 nitrogen and oxygen atoms in total. The Morgan fingerprint density at radius 2 is 1.58 bits per heavy atom. The molecule has 2 rings (SSSR count). The Morgan fingerprint density at radius 1 is 0.947 bits per heavy atom. The quantitative estimate of drug-likeness (QED) is 0.546. The molecule has 0 spiro atoms. The van der Waals surface area contributed by atoms with Crippen molar-refractivity contribution in [1.29, 1.82) is 0 Å². The standard InChI is InChI=1S/C16H15Br2Cl/c17-11-14(7-12-3-1-5-15(18)9-12)8-13-4-2-6-16(19)10-13/h1-6,9-10,14H,7-8,11H2. The molecule has 0 amide bonds. The molecule has 100 valence electrons. The van der Waals surface area contributed by atoms with Crippen LogP contribution in [0.4, 0.5) is 0 Å². The van der Waals surface area contributed by atoms with Gasteiger partial charge in [-0.3, -0.25) is 0 Å². The predicted octanol–water partition coefficient (Wildman–Crippen LogP) is 5.90. The summed E-state index contributed by atoms with van der Waals surface area (Å²) in [5.41, 5.74) is 2.66. The van der Waals surface area contributed by atoms with Crippen LogP contribution in [0.3, 0.4) is 0 Å². The van der Waals surface area contributed by atoms with Gasteiger partial charge in [0.1, 0.15) is 0 Å². The zero-order valence-electron chi connectivity index (χ0n) is 10.5. The maximum Gasteiger partial charge on any atom is 0.0408 e. The van der Waals surface area contributed by atoms with Crippen molar-refractivity contribution in [3.8, 4) is 0 Å². The molecule has 2 aromatic carbocycles. The smallest absolute Gasteiger partial charge is 0.0408 e. The first-order valence-electron chi connectivity index (χ1n) is 6.22. The highest BCUT2D eigenvalue weighted by Crippen LogP contribution is 2.21. The van der Waals surface area contributed by atoms with Crippen molar-refractivity contribution >= 4 is 43.5 Å². The summed E-state index contributed by atoms with van der Waals surface area (Å²) in [6, 6.07) is 16.6. The third-order valence-corrected chi connectivity index (χ3v) is 4.69. The van der Waals surface area contributed by atoms with Crippen LogP contribution < -0.4 is 0 Å². The molecule has 19 heavy (non-hydrogen) atoms. The first-order chi connectivity index (χ1) is 9.17. The molecule has 0 aliphatic heterocycles. The second-order valence-corrected chi connectivity index (χ2v) is 6.69. The molecular formula is C16H15Br2Cl. The summed E-state index contributed by atoms with van der Waals surface area (Å²) in [7, 11) is 0. The molecule has 0 heterocycles. The molecule has 0 fully saturated rings. The molecule has 1 atom stereocenters. The van der Waals surface area contributed by atoms with E-state index in [1.165, 1.54) is 11.1 Å². The summed E-state index contributed by atoms with van der Waals surface area (Å²) in [5.74, 6) is 0.577. The first kappa shape index (κ1) is 15.1. The van der Waals surface area contributed by atoms with Gasteiger partial charge in [0.25, 0.3) is 0 Å². The summed E-state index contributed by atoms with van der Waals surface area (Å²) < 4.78 is 1.14. The second-order valence-electron chi connectivity index (χ2n) is 4.69. The number of hydrogen-bond acceptors (Lipinski definition) is 0. The zero-order chi connectivity index (χ0) is 13.7. The van der Waals surface area contributed by atoms with E-state index < -0.39 is 0 Å². The lowest BCUT2D eigenvalue weighted by atomic mass is 9.94. The summed E-state index contributed by atoms with van der Waals surface area (Å²) in [4.78, 5) is 0. The lowest BCUT2D eigenvalue weighted by molar-refractivity contribution is 0.591. The van der Waals surface area contributed by atoms with Gasteiger partial charge >= 0.3 is 0 Å². The summed E-state index contributed by atoms with van der Waals surface area (Å²) in [6.45, 7) is 0. The topological polar surface area (TPSA) is 0 Å². The van der Waals surface area contributed by atoms with Crippen LogP contribution in [0.2, 0.25) is 5.02 Å². The van der Waals surface area contributed by atoms with E-state index in [1.807, 2.05) is 12.1 Å². The highest BCUT2D eigenvalue weighted by molar-refractivity contribution is 9.10. The molecule has 0 N–H and O–H groups in total. The normalized spacial score (nSPS) is 12.4. The van der Waals surface area contributed by atoms with Crippen LogP contribution in [0, 0.1) is 5.92 Å². The Balaban J connectivity index is 2.04. The largest absolute Gasteiger partial charge is 0.0925 e. The Morgan fingerprint density at radius 3 is 2.16 bits per heavy atom. The van der Waals surface area contributed by atoms with Gasteiger partial charge in [0, 0.05) is 14.8 Å². The number of rotatable bonds is 5. The molecule has 0 aliphatic rings. The molecule has 3 heteroatoms. The lowest BCUT2D eigenvalue weighted by Gasteiger charge is -2.14. The molecule has 0 aliphatic carbocycles. The molecular weight excluding hydrogens is 387 g/mol. The van der Waals surface area contributed by atoms with Crippen LogP contribution in [-0.2, 0) is 12.8 Å². The molecule has 0 saturated heterocycles. The van der Waals surface area contributed by atoms with E-state index in [1.54, 1.807) is 0 Å². The van der Waals surface area contributed by atoms with Gasteiger partial charge in [-0.15, -0.1) is 0 Å². The molecule has 0 radical (unpaired) electrons. The molecule has 1 unspecified atom stereocenters. The van der Waals surface area contributed by atoms with Gasteiger partial charge in [-0.2, -0.15) is 0 Å². The third-order valence-electron chi connectivity index (χ3n) is 3.05. The van der Waals surface area contributed by atoms with E-state index in [2.05, 4.69) is 68.3 Å². The fraction of sp³-hybridized carbons (Fsp3) is 0.250. The predicted molar refractivity (Wildman–Crippen MR) is 90.3 cm³/mol. The zero-order valence-corrected chi connectivity index (χ0v) is 14.4. The van der Waals surface area contributed by atoms with Crippen LogP contribution in [0.5, 0.6) is 0 Å². The van der Waals surface area contributed by atoms with Crippen LogP contribution in [0.1, 0.15) is 11.1 Å². The highest BCUT2D eigenvalue weighted by Gasteiger charge is 2.10. The van der Waals surface area contributed by atoms with Crippen LogP contribution in [-0.4, -0.2) is 5.33 Å². The minimum Gasteiger partial charge on any atom is -0.0925 e. The number of benzene rings is 2. The SMILES string of the molecule is Clc1cccc(CC(CBr)Cc2cccc(Br)c2)c1. The fourth-order valence-corrected chi connectivity index (χ4v) is 3.29. The van der Waals surface area contributed by atoms with Crippen LogP contribution >= 0.6 is 43.5 Å². The van der Waals surface area contributed by atoms with Crippen molar-refractivity contribution < 1.29 is 0 Å². The Kier molecular flexibility index (Phi) is 5.93. The monoisotopic (exact) mass is 400 g/mol. The van der Waals surface area contributed by atoms with Gasteiger partial charge in [0.05, 0.1) is 0 Å². The Labute approximate surface area is 136 Å². The van der Waals surface area contributed by atoms with Crippen molar-refractivity contribution in [3.63, 3.8) is 0 Å². The number of halogens is 3. The average Bonchev–Trinajstić information content (AvgIpc) is 2.38. The van der Waals surface area contributed by atoms with E-state index in [4.69, 9.17) is 11.6 Å². The van der Waals surface area contributed by atoms with E-state index in [-0.39, 0.29) is 0 Å². The van der Waals surface area contributed by atoms with Crippen molar-refractivity contribution in [2.24, 2.45) is 5.92 Å². The number of hydrogen-bond donors (Lipinski definition) is 0. The fourth-order valence-electron chi connectivity index (χ4n) is 2.18. The van der Waals surface area contributed by atoms with E-state index in [0.29, 0.717) is 5.92 Å². The molecule has 2 aromatic rings. The summed E-state index contributed by atoms with van der Waals surface area (Å²) >= 11 is 13.2. The summed E-state index contributed by atoms with van der Waals surface area (Å²) in [5, 5.41) is 1.81. The van der Waals surface area contributed by atoms with Crippen molar-refractivity contribution in [3.05, 3.63) is 69.2 Å². The summed E-state index contributed by atoms with van der Waals surface area (Å²) in [6.07, 6.45) is 2.11. The Hall–Kier alpha value is -0.310. The maximum atomic E-state index is 6.03. The van der Waals surface area contributed by atoms with Gasteiger partial charge < -0.3 is 0 Å². The maximum absolute atomic E-state index is 6.03. The van der Waals surface area contributed by atoms with Crippen LogP contribution in [0.15, 0.2) is 53.0 Å². The molecule has 0 saturated carbocycles. The average molecular weight is 403 g/mol. The second kappa shape index (κ2) is 7.47. The van der Waals surface area contributed by atoms with Crippen molar-refractivity contribution in [1.82, 2.24) is 0 Å². The first-order valence-corrected chi connectivity index (χ1v) is 8.51. The van der Waals surface area contributed by atoms with Crippen LogP contribution in [0.25, 0.3) is 0 Å². The van der Waals surface area contributed by atoms with Gasteiger partial charge in [-0.1, -0.05) is 67.7 Å². The van der Waals surface area contributed by atoms with Gasteiger partial charge in [0.15, 0.2) is 0 Å². The van der Waals surface area contributed by atoms with E-state index >= 15 is 0 Å². The van der Waals surface area contributed by atoms with Crippen molar-refractivity contribution in [2.75, 3.05) is 5.33 Å². The Bertz CT molecular complexity index is 492. The number of alkyl halides is 1. The molecule has 0 bridgehead atoms. The van der Waals surface area contributed by atoms with E-state index in [9.17, 15) is 0 Å². The van der Waals surface area contributed by atoms with Gasteiger partial charge in [-0.25, -0.2) is 0 Å². The minimum absolute atomic E-state index is 0.577. The lowest BCUT2D eigenvalue weighted by Crippen LogP contribution is -2.10.